The zero-order valence-corrected chi connectivity index (χ0v) is 15.8. The lowest BCUT2D eigenvalue weighted by molar-refractivity contribution is -0.134. The van der Waals surface area contributed by atoms with Crippen molar-refractivity contribution in [3.63, 3.8) is 0 Å². The molecule has 0 unspecified atom stereocenters. The van der Waals surface area contributed by atoms with Gasteiger partial charge in [-0.1, -0.05) is 47.6 Å². The molecule has 0 saturated carbocycles. The number of nitrogens with zero attached hydrogens (tertiary/aromatic N) is 1. The highest BCUT2D eigenvalue weighted by atomic mass is 16.5. The van der Waals surface area contributed by atoms with Gasteiger partial charge in [0.15, 0.2) is 5.76 Å². The minimum absolute atomic E-state index is 0.0426. The first kappa shape index (κ1) is 18.3. The van der Waals surface area contributed by atoms with Crippen LogP contribution in [0.5, 0.6) is 5.75 Å². The normalized spacial score (nSPS) is 14.9. The first-order valence-electron chi connectivity index (χ1n) is 9.31. The number of amides is 1. The maximum absolute atomic E-state index is 12.9. The lowest BCUT2D eigenvalue weighted by Crippen LogP contribution is -2.62. The number of nitrogens with one attached hydrogen (secondary N) is 2. The molecule has 0 atom stereocenters. The first-order valence-corrected chi connectivity index (χ1v) is 9.31. The van der Waals surface area contributed by atoms with Crippen LogP contribution in [0.4, 0.5) is 0 Å². The largest absolute Gasteiger partial charge is 0.497 e. The van der Waals surface area contributed by atoms with Gasteiger partial charge >= 0.3 is 0 Å². The molecule has 144 valence electrons. The van der Waals surface area contributed by atoms with Gasteiger partial charge in [-0.2, -0.15) is 0 Å². The molecule has 0 radical (unpaired) electrons. The summed E-state index contributed by atoms with van der Waals surface area (Å²) in [5.41, 5.74) is 2.34. The van der Waals surface area contributed by atoms with E-state index in [9.17, 15) is 4.79 Å². The predicted octanol–water partition coefficient (Wildman–Crippen LogP) is 2.80. The molecule has 0 aliphatic carbocycles. The minimum atomic E-state index is -0.402. The van der Waals surface area contributed by atoms with Crippen LogP contribution in [0.15, 0.2) is 65.2 Å². The van der Waals surface area contributed by atoms with E-state index in [1.54, 1.807) is 7.11 Å². The van der Waals surface area contributed by atoms with E-state index >= 15 is 0 Å². The molecule has 6 nitrogen and oxygen atoms in total. The van der Waals surface area contributed by atoms with Gasteiger partial charge in [0.25, 0.3) is 0 Å². The summed E-state index contributed by atoms with van der Waals surface area (Å²) in [5, 5.41) is 10.3. The van der Waals surface area contributed by atoms with Crippen molar-refractivity contribution < 1.29 is 14.1 Å². The van der Waals surface area contributed by atoms with Gasteiger partial charge < -0.3 is 19.9 Å². The van der Waals surface area contributed by atoms with Crippen molar-refractivity contribution in [3.8, 4) is 17.1 Å². The number of rotatable bonds is 7. The summed E-state index contributed by atoms with van der Waals surface area (Å²) in [7, 11) is 1.63. The third-order valence-electron chi connectivity index (χ3n) is 5.14. The molecular weight excluding hydrogens is 354 g/mol. The number of aromatic nitrogens is 1. The molecule has 28 heavy (non-hydrogen) atoms. The maximum Gasteiger partial charge on any atom is 0.229 e. The summed E-state index contributed by atoms with van der Waals surface area (Å²) in [4.78, 5) is 12.9. The highest BCUT2D eigenvalue weighted by Crippen LogP contribution is 2.29. The summed E-state index contributed by atoms with van der Waals surface area (Å²) in [6.07, 6.45) is 0.723. The van der Waals surface area contributed by atoms with E-state index in [1.165, 1.54) is 5.56 Å². The zero-order valence-electron chi connectivity index (χ0n) is 15.8. The predicted molar refractivity (Wildman–Crippen MR) is 106 cm³/mol. The molecular formula is C22H23N3O3. The van der Waals surface area contributed by atoms with Crippen molar-refractivity contribution in [1.29, 1.82) is 0 Å². The lowest BCUT2D eigenvalue weighted by Gasteiger charge is -2.41. The number of methoxy groups -OCH3 is 1. The standard InChI is InChI=1S/C22H23N3O3/c1-27-19-9-5-8-17(10-19)20-11-18(25-28-20)13-24-21(26)22(14-23-15-22)12-16-6-3-2-4-7-16/h2-11,23H,12-15H2,1H3,(H,24,26). The molecule has 2 heterocycles. The van der Waals surface area contributed by atoms with Gasteiger partial charge in [-0.15, -0.1) is 0 Å². The molecule has 4 rings (SSSR count). The van der Waals surface area contributed by atoms with Crippen molar-refractivity contribution in [2.45, 2.75) is 13.0 Å². The van der Waals surface area contributed by atoms with Crippen LogP contribution in [0.3, 0.4) is 0 Å². The molecule has 3 aromatic rings. The van der Waals surface area contributed by atoms with Crippen LogP contribution in [-0.2, 0) is 17.8 Å². The Balaban J connectivity index is 1.40. The van der Waals surface area contributed by atoms with Crippen molar-refractivity contribution in [2.24, 2.45) is 5.41 Å². The second-order valence-corrected chi connectivity index (χ2v) is 7.14. The monoisotopic (exact) mass is 377 g/mol. The van der Waals surface area contributed by atoms with Gasteiger partial charge in [-0.25, -0.2) is 0 Å². The van der Waals surface area contributed by atoms with Crippen LogP contribution >= 0.6 is 0 Å². The minimum Gasteiger partial charge on any atom is -0.497 e. The van der Waals surface area contributed by atoms with Crippen molar-refractivity contribution in [1.82, 2.24) is 15.8 Å². The molecule has 0 bridgehead atoms. The Labute approximate surface area is 163 Å². The Hall–Kier alpha value is -3.12. The topological polar surface area (TPSA) is 76.4 Å². The number of ether oxygens (including phenoxy) is 1. The van der Waals surface area contributed by atoms with Gasteiger partial charge in [0.1, 0.15) is 11.4 Å². The maximum atomic E-state index is 12.9. The Morgan fingerprint density at radius 1 is 1.18 bits per heavy atom. The van der Waals surface area contributed by atoms with E-state index in [0.29, 0.717) is 31.1 Å². The molecule has 0 spiro atoms. The number of carbonyl (C=O) groups is 1. The Kier molecular flexibility index (Phi) is 5.12. The van der Waals surface area contributed by atoms with Gasteiger partial charge in [0.05, 0.1) is 19.1 Å². The highest BCUT2D eigenvalue weighted by Gasteiger charge is 2.44. The van der Waals surface area contributed by atoms with Crippen LogP contribution in [0.25, 0.3) is 11.3 Å². The van der Waals surface area contributed by atoms with Gasteiger partial charge in [-0.3, -0.25) is 4.79 Å². The lowest BCUT2D eigenvalue weighted by atomic mass is 9.75. The number of carbonyl (C=O) groups excluding carboxylic acids is 1. The number of benzene rings is 2. The Morgan fingerprint density at radius 3 is 2.71 bits per heavy atom. The molecule has 1 amide bonds. The van der Waals surface area contributed by atoms with Gasteiger partial charge in [-0.05, 0) is 24.1 Å². The smallest absolute Gasteiger partial charge is 0.229 e. The quantitative estimate of drug-likeness (QED) is 0.662. The second-order valence-electron chi connectivity index (χ2n) is 7.14. The first-order chi connectivity index (χ1) is 13.7. The number of hydrogen-bond donors (Lipinski definition) is 2. The molecule has 1 aromatic heterocycles. The summed E-state index contributed by atoms with van der Waals surface area (Å²) >= 11 is 0. The summed E-state index contributed by atoms with van der Waals surface area (Å²) in [6, 6.07) is 19.5. The van der Waals surface area contributed by atoms with Crippen LogP contribution in [0.1, 0.15) is 11.3 Å². The van der Waals surface area contributed by atoms with Crippen LogP contribution in [0.2, 0.25) is 0 Å². The van der Waals surface area contributed by atoms with E-state index in [1.807, 2.05) is 48.5 Å². The number of hydrogen-bond acceptors (Lipinski definition) is 5. The van der Waals surface area contributed by atoms with Gasteiger partial charge in [0, 0.05) is 24.7 Å². The van der Waals surface area contributed by atoms with E-state index in [4.69, 9.17) is 9.26 Å². The molecule has 1 aliphatic rings. The van der Waals surface area contributed by atoms with E-state index in [2.05, 4.69) is 27.9 Å². The van der Waals surface area contributed by atoms with E-state index < -0.39 is 5.41 Å². The van der Waals surface area contributed by atoms with E-state index in [0.717, 1.165) is 17.7 Å². The summed E-state index contributed by atoms with van der Waals surface area (Å²) in [5.74, 6) is 1.44. The van der Waals surface area contributed by atoms with Crippen LogP contribution in [-0.4, -0.2) is 31.3 Å². The third-order valence-corrected chi connectivity index (χ3v) is 5.14. The summed E-state index contributed by atoms with van der Waals surface area (Å²) in [6.45, 7) is 1.70. The molecule has 1 aliphatic heterocycles. The van der Waals surface area contributed by atoms with Crippen LogP contribution in [0, 0.1) is 5.41 Å². The molecule has 1 saturated heterocycles. The zero-order chi connectivity index (χ0) is 19.4. The fourth-order valence-corrected chi connectivity index (χ4v) is 3.45. The highest BCUT2D eigenvalue weighted by molar-refractivity contribution is 5.84. The Bertz CT molecular complexity index is 948. The van der Waals surface area contributed by atoms with Crippen LogP contribution < -0.4 is 15.4 Å². The average molecular weight is 377 g/mol. The SMILES string of the molecule is COc1cccc(-c2cc(CNC(=O)C3(Cc4ccccc4)CNC3)no2)c1. The third kappa shape index (κ3) is 3.77. The average Bonchev–Trinajstić information content (AvgIpc) is 3.19. The van der Waals surface area contributed by atoms with E-state index in [-0.39, 0.29) is 5.91 Å². The summed E-state index contributed by atoms with van der Waals surface area (Å²) < 4.78 is 10.7. The van der Waals surface area contributed by atoms with Crippen molar-refractivity contribution in [2.75, 3.05) is 20.2 Å². The van der Waals surface area contributed by atoms with Crippen molar-refractivity contribution >= 4 is 5.91 Å². The molecule has 1 fully saturated rings. The molecule has 6 heteroatoms. The fourth-order valence-electron chi connectivity index (χ4n) is 3.45. The second kappa shape index (κ2) is 7.86. The molecule has 2 N–H and O–H groups in total. The fraction of sp³-hybridized carbons (Fsp3) is 0.273. The Morgan fingerprint density at radius 2 is 2.00 bits per heavy atom. The van der Waals surface area contributed by atoms with Gasteiger partial charge in [0.2, 0.25) is 5.91 Å². The molecule has 2 aromatic carbocycles. The van der Waals surface area contributed by atoms with Crippen molar-refractivity contribution in [3.05, 3.63) is 71.9 Å².